The summed E-state index contributed by atoms with van der Waals surface area (Å²) in [6.07, 6.45) is -6.37. The number of hydrogen-bond acceptors (Lipinski definition) is 4. The maximum atomic E-state index is 13.2. The van der Waals surface area contributed by atoms with Gasteiger partial charge in [-0.2, -0.15) is 18.2 Å². The minimum atomic E-state index is -5.05. The third-order valence-electron chi connectivity index (χ3n) is 3.59. The van der Waals surface area contributed by atoms with Gasteiger partial charge in [-0.3, -0.25) is 4.79 Å². The number of halogens is 4. The molecule has 0 unspecified atom stereocenters. The molecule has 1 fully saturated rings. The molecule has 2 aliphatic rings. The van der Waals surface area contributed by atoms with Crippen molar-refractivity contribution in [1.82, 2.24) is 15.3 Å². The van der Waals surface area contributed by atoms with Crippen LogP contribution in [0.1, 0.15) is 6.92 Å². The zero-order valence-corrected chi connectivity index (χ0v) is 12.2. The van der Waals surface area contributed by atoms with Crippen LogP contribution in [0.4, 0.5) is 22.4 Å². The van der Waals surface area contributed by atoms with Crippen LogP contribution in [0.5, 0.6) is 0 Å². The Hall–Kier alpha value is -1.77. The van der Waals surface area contributed by atoms with Crippen LogP contribution in [0.25, 0.3) is 0 Å². The number of nitrogens with zero attached hydrogens (tertiary/aromatic N) is 2. The van der Waals surface area contributed by atoms with Gasteiger partial charge in [0.25, 0.3) is 0 Å². The summed E-state index contributed by atoms with van der Waals surface area (Å²) in [6.45, 7) is 0.991. The summed E-state index contributed by atoms with van der Waals surface area (Å²) in [5.74, 6) is -4.07. The molecule has 13 heteroatoms. The molecule has 2 aliphatic heterocycles. The van der Waals surface area contributed by atoms with Crippen molar-refractivity contribution in [3.05, 3.63) is 11.6 Å². The van der Waals surface area contributed by atoms with Crippen molar-refractivity contribution in [3.8, 4) is 0 Å². The number of carboxylic acid groups (broad SMARTS) is 1. The van der Waals surface area contributed by atoms with E-state index in [9.17, 15) is 31.9 Å². The first-order valence-corrected chi connectivity index (χ1v) is 6.69. The van der Waals surface area contributed by atoms with Crippen LogP contribution in [0, 0.1) is 0 Å². The molecule has 25 heavy (non-hydrogen) atoms. The number of urea groups is 1. The van der Waals surface area contributed by atoms with Crippen LogP contribution in [-0.4, -0.2) is 89.5 Å². The average molecular weight is 363 g/mol. The summed E-state index contributed by atoms with van der Waals surface area (Å²) in [4.78, 5) is 39.0. The van der Waals surface area contributed by atoms with Crippen LogP contribution in [0.2, 0.25) is 0 Å². The number of carbonyl (C=O) groups is 3. The minimum absolute atomic E-state index is 0. The second-order valence-electron chi connectivity index (χ2n) is 5.22. The number of hydroxylamine groups is 2. The van der Waals surface area contributed by atoms with E-state index in [4.69, 9.17) is 5.11 Å². The molecule has 0 saturated carbocycles. The van der Waals surface area contributed by atoms with Gasteiger partial charge in [0.05, 0.1) is 12.1 Å². The van der Waals surface area contributed by atoms with E-state index in [-0.39, 0.29) is 25.4 Å². The van der Waals surface area contributed by atoms with Gasteiger partial charge in [0.2, 0.25) is 0 Å². The second kappa shape index (κ2) is 7.63. The average Bonchev–Trinajstić information content (AvgIpc) is 2.71. The molecular formula is C12H14F4LiN3O5. The first kappa shape index (κ1) is 21.3. The molecule has 1 saturated heterocycles. The van der Waals surface area contributed by atoms with Crippen LogP contribution >= 0.6 is 0 Å². The molecule has 0 aromatic rings. The summed E-state index contributed by atoms with van der Waals surface area (Å²) >= 11 is 0. The fourth-order valence-electron chi connectivity index (χ4n) is 2.49. The van der Waals surface area contributed by atoms with E-state index in [1.165, 1.54) is 13.0 Å². The van der Waals surface area contributed by atoms with E-state index < -0.39 is 49.1 Å². The van der Waals surface area contributed by atoms with Crippen molar-refractivity contribution in [2.45, 2.75) is 31.5 Å². The number of fused-ring (bicyclic) bond motifs is 2. The van der Waals surface area contributed by atoms with Gasteiger partial charge in [-0.05, 0) is 6.92 Å². The SMILES string of the molecule is CC1=C[C@@H]2CN(C(=O)N2O[C@@H](F)C(=O)O)[C@@H]1CNC(=O)C(F)(F)F.[LiH]. The molecule has 0 radical (unpaired) electrons. The van der Waals surface area contributed by atoms with Gasteiger partial charge < -0.3 is 15.3 Å². The van der Waals surface area contributed by atoms with Crippen LogP contribution in [0.3, 0.4) is 0 Å². The molecule has 0 aliphatic carbocycles. The van der Waals surface area contributed by atoms with Crippen molar-refractivity contribution < 1.29 is 41.9 Å². The number of nitrogens with one attached hydrogen (secondary N) is 1. The Kier molecular flexibility index (Phi) is 6.49. The maximum absolute atomic E-state index is 13.2. The molecule has 0 aromatic carbocycles. The first-order chi connectivity index (χ1) is 11.0. The summed E-state index contributed by atoms with van der Waals surface area (Å²) in [5, 5.41) is 10.7. The Labute approximate surface area is 150 Å². The Bertz CT molecular complexity index is 600. The molecular weight excluding hydrogens is 349 g/mol. The number of aliphatic carboxylic acids is 1. The van der Waals surface area contributed by atoms with Gasteiger partial charge >= 0.3 is 49.3 Å². The summed E-state index contributed by atoms with van der Waals surface area (Å²) < 4.78 is 49.8. The quantitative estimate of drug-likeness (QED) is 0.399. The van der Waals surface area contributed by atoms with Crippen LogP contribution < -0.4 is 5.32 Å². The predicted octanol–water partition coefficient (Wildman–Crippen LogP) is -0.237. The normalized spacial score (nSPS) is 23.7. The molecule has 2 N–H and O–H groups in total. The van der Waals surface area contributed by atoms with E-state index in [1.807, 2.05) is 0 Å². The molecule has 2 bridgehead atoms. The first-order valence-electron chi connectivity index (χ1n) is 6.69. The van der Waals surface area contributed by atoms with E-state index in [1.54, 1.807) is 5.32 Å². The third-order valence-corrected chi connectivity index (χ3v) is 3.59. The molecule has 3 atom stereocenters. The fourth-order valence-corrected chi connectivity index (χ4v) is 2.49. The van der Waals surface area contributed by atoms with Crippen molar-refractivity contribution in [2.75, 3.05) is 13.1 Å². The van der Waals surface area contributed by atoms with Crippen molar-refractivity contribution in [3.63, 3.8) is 0 Å². The summed E-state index contributed by atoms with van der Waals surface area (Å²) in [5.41, 5.74) is 0.457. The van der Waals surface area contributed by atoms with Gasteiger partial charge in [-0.15, -0.1) is 0 Å². The van der Waals surface area contributed by atoms with E-state index in [2.05, 4.69) is 4.84 Å². The molecule has 2 heterocycles. The van der Waals surface area contributed by atoms with Crippen molar-refractivity contribution in [2.24, 2.45) is 0 Å². The monoisotopic (exact) mass is 363 g/mol. The van der Waals surface area contributed by atoms with Gasteiger partial charge in [0.1, 0.15) is 0 Å². The number of amides is 3. The zero-order valence-electron chi connectivity index (χ0n) is 12.2. The topological polar surface area (TPSA) is 99.2 Å². The number of hydrogen-bond donors (Lipinski definition) is 2. The Morgan fingerprint density at radius 2 is 2.08 bits per heavy atom. The molecule has 3 amide bonds. The van der Waals surface area contributed by atoms with E-state index >= 15 is 0 Å². The molecule has 136 valence electrons. The third kappa shape index (κ3) is 4.45. The molecule has 0 aromatic heterocycles. The van der Waals surface area contributed by atoms with Gasteiger partial charge in [0.15, 0.2) is 0 Å². The number of alkyl halides is 4. The van der Waals surface area contributed by atoms with Crippen molar-refractivity contribution in [1.29, 1.82) is 0 Å². The Balaban J connectivity index is 0.00000312. The van der Waals surface area contributed by atoms with Crippen molar-refractivity contribution >= 4 is 36.8 Å². The second-order valence-corrected chi connectivity index (χ2v) is 5.22. The van der Waals surface area contributed by atoms with Crippen LogP contribution in [-0.2, 0) is 14.4 Å². The standard InChI is InChI=1S/C12H13F4N3O5.Li.H/c1-5-2-6-4-18(7(5)3-17-10(22)12(14,15)16)11(23)19(6)24-8(13)9(20)21;;/h2,6-8H,3-4H2,1H3,(H,17,22)(H,20,21);;/t6-,7-,8-;;/m1../s1. The zero-order chi connectivity index (χ0) is 18.2. The number of rotatable bonds is 5. The fraction of sp³-hybridized carbons (Fsp3) is 0.583. The number of carbonyl (C=O) groups excluding carboxylic acids is 2. The molecule has 8 nitrogen and oxygen atoms in total. The van der Waals surface area contributed by atoms with Crippen LogP contribution in [0.15, 0.2) is 11.6 Å². The Morgan fingerprint density at radius 1 is 1.48 bits per heavy atom. The Morgan fingerprint density at radius 3 is 2.60 bits per heavy atom. The molecule has 2 rings (SSSR count). The van der Waals surface area contributed by atoms with E-state index in [0.717, 1.165) is 4.90 Å². The van der Waals surface area contributed by atoms with E-state index in [0.29, 0.717) is 10.6 Å². The molecule has 0 spiro atoms. The number of carboxylic acids is 1. The van der Waals surface area contributed by atoms with Gasteiger partial charge in [-0.25, -0.2) is 18.8 Å². The summed E-state index contributed by atoms with van der Waals surface area (Å²) in [6, 6.07) is -2.55. The van der Waals surface area contributed by atoms with Gasteiger partial charge in [-0.1, -0.05) is 11.6 Å². The van der Waals surface area contributed by atoms with Gasteiger partial charge in [0, 0.05) is 13.1 Å². The predicted molar refractivity (Wildman–Crippen MR) is 75.1 cm³/mol. The summed E-state index contributed by atoms with van der Waals surface area (Å²) in [7, 11) is 0.